The van der Waals surface area contributed by atoms with Crippen molar-refractivity contribution in [2.75, 3.05) is 41.7 Å². The smallest absolute Gasteiger partial charge is 0.151 e. The molecule has 0 amide bonds. The van der Waals surface area contributed by atoms with Crippen LogP contribution in [0.3, 0.4) is 0 Å². The van der Waals surface area contributed by atoms with Gasteiger partial charge in [0.1, 0.15) is 0 Å². The lowest BCUT2D eigenvalue weighted by Gasteiger charge is -2.37. The van der Waals surface area contributed by atoms with Gasteiger partial charge in [-0.1, -0.05) is 18.2 Å². The molecule has 6 heteroatoms. The lowest BCUT2D eigenvalue weighted by molar-refractivity contribution is 0.648. The predicted molar refractivity (Wildman–Crippen MR) is 86.7 cm³/mol. The number of benzene rings is 1. The third kappa shape index (κ3) is 3.62. The van der Waals surface area contributed by atoms with Gasteiger partial charge >= 0.3 is 0 Å². The number of para-hydroxylation sites is 1. The first-order valence-electron chi connectivity index (χ1n) is 6.60. The summed E-state index contributed by atoms with van der Waals surface area (Å²) in [4.78, 5) is 9.04. The highest BCUT2D eigenvalue weighted by molar-refractivity contribution is 5.63. The van der Waals surface area contributed by atoms with Crippen LogP contribution in [0.25, 0.3) is 0 Å². The van der Waals surface area contributed by atoms with Crippen molar-refractivity contribution in [3.05, 3.63) is 48.7 Å². The van der Waals surface area contributed by atoms with Crippen LogP contribution in [-0.2, 0) is 0 Å². The third-order valence-electron chi connectivity index (χ3n) is 3.52. The largest absolute Gasteiger partial charge is 0.412 e. The molecule has 0 atom stereocenters. The van der Waals surface area contributed by atoms with Crippen molar-refractivity contribution in [2.45, 2.75) is 0 Å². The van der Waals surface area contributed by atoms with Crippen molar-refractivity contribution in [1.29, 1.82) is 0 Å². The number of anilines is 3. The van der Waals surface area contributed by atoms with Gasteiger partial charge in [0.05, 0.1) is 5.69 Å². The van der Waals surface area contributed by atoms with Gasteiger partial charge in [-0.15, -0.1) is 0 Å². The van der Waals surface area contributed by atoms with E-state index >= 15 is 0 Å². The average molecular weight is 290 g/mol. The molecule has 0 unspecified atom stereocenters. The number of rotatable bonds is 2. The Bertz CT molecular complexity index is 542. The van der Waals surface area contributed by atoms with Crippen molar-refractivity contribution in [3.63, 3.8) is 0 Å². The number of aromatic nitrogens is 1. The zero-order valence-corrected chi connectivity index (χ0v) is 11.9. The SMILES string of the molecule is Nc1cccnc1N1CCN(c2ccccc2)CC1.O.O. The molecule has 1 aliphatic heterocycles. The van der Waals surface area contributed by atoms with Crippen LogP contribution in [0.1, 0.15) is 0 Å². The molecule has 0 bridgehead atoms. The quantitative estimate of drug-likeness (QED) is 0.860. The second-order valence-electron chi connectivity index (χ2n) is 4.73. The molecule has 1 saturated heterocycles. The second-order valence-corrected chi connectivity index (χ2v) is 4.73. The minimum Gasteiger partial charge on any atom is -0.412 e. The summed E-state index contributed by atoms with van der Waals surface area (Å²) >= 11 is 0. The second kappa shape index (κ2) is 7.47. The van der Waals surface area contributed by atoms with Crippen molar-refractivity contribution in [2.24, 2.45) is 0 Å². The van der Waals surface area contributed by atoms with Gasteiger partial charge in [-0.05, 0) is 24.3 Å². The molecule has 2 aromatic rings. The van der Waals surface area contributed by atoms with Crippen LogP contribution < -0.4 is 15.5 Å². The van der Waals surface area contributed by atoms with Gasteiger partial charge in [0.15, 0.2) is 5.82 Å². The van der Waals surface area contributed by atoms with Crippen LogP contribution in [0.2, 0.25) is 0 Å². The van der Waals surface area contributed by atoms with Gasteiger partial charge in [0.25, 0.3) is 0 Å². The zero-order chi connectivity index (χ0) is 13.1. The normalized spacial score (nSPS) is 14.1. The molecule has 0 spiro atoms. The Morgan fingerprint density at radius 3 is 2.05 bits per heavy atom. The Balaban J connectivity index is 0.00000110. The highest BCUT2D eigenvalue weighted by Gasteiger charge is 2.19. The number of nitrogen functional groups attached to an aromatic ring is 1. The monoisotopic (exact) mass is 290 g/mol. The predicted octanol–water partition coefficient (Wildman–Crippen LogP) is 0.341. The molecular weight excluding hydrogens is 268 g/mol. The van der Waals surface area contributed by atoms with E-state index in [0.717, 1.165) is 37.7 Å². The van der Waals surface area contributed by atoms with Crippen LogP contribution in [0.15, 0.2) is 48.7 Å². The summed E-state index contributed by atoms with van der Waals surface area (Å²) in [5.41, 5.74) is 8.03. The maximum atomic E-state index is 5.98. The maximum Gasteiger partial charge on any atom is 0.151 e. The van der Waals surface area contributed by atoms with Crippen LogP contribution in [0, 0.1) is 0 Å². The maximum absolute atomic E-state index is 5.98. The first-order valence-corrected chi connectivity index (χ1v) is 6.60. The van der Waals surface area contributed by atoms with Gasteiger partial charge in [0.2, 0.25) is 0 Å². The minimum atomic E-state index is 0. The number of hydrogen-bond donors (Lipinski definition) is 1. The summed E-state index contributed by atoms with van der Waals surface area (Å²) in [6.07, 6.45) is 1.80. The van der Waals surface area contributed by atoms with Crippen molar-refractivity contribution in [3.8, 4) is 0 Å². The lowest BCUT2D eigenvalue weighted by atomic mass is 10.2. The average Bonchev–Trinajstić information content (AvgIpc) is 2.49. The van der Waals surface area contributed by atoms with Crippen LogP contribution in [-0.4, -0.2) is 42.1 Å². The fourth-order valence-electron chi connectivity index (χ4n) is 2.49. The molecule has 3 rings (SSSR count). The van der Waals surface area contributed by atoms with E-state index in [1.807, 2.05) is 18.2 Å². The van der Waals surface area contributed by atoms with E-state index < -0.39 is 0 Å². The Labute approximate surface area is 124 Å². The summed E-state index contributed by atoms with van der Waals surface area (Å²) < 4.78 is 0. The van der Waals surface area contributed by atoms with E-state index in [1.165, 1.54) is 5.69 Å². The third-order valence-corrected chi connectivity index (χ3v) is 3.52. The summed E-state index contributed by atoms with van der Waals surface area (Å²) in [5, 5.41) is 0. The van der Waals surface area contributed by atoms with E-state index in [9.17, 15) is 0 Å². The molecule has 1 aliphatic rings. The Morgan fingerprint density at radius 1 is 0.810 bits per heavy atom. The van der Waals surface area contributed by atoms with E-state index in [1.54, 1.807) is 6.20 Å². The molecule has 6 nitrogen and oxygen atoms in total. The van der Waals surface area contributed by atoms with E-state index in [0.29, 0.717) is 0 Å². The fraction of sp³-hybridized carbons (Fsp3) is 0.267. The molecular formula is C15H22N4O2. The number of pyridine rings is 1. The number of piperazine rings is 1. The summed E-state index contributed by atoms with van der Waals surface area (Å²) in [5.74, 6) is 0.912. The minimum absolute atomic E-state index is 0. The van der Waals surface area contributed by atoms with Crippen molar-refractivity contribution in [1.82, 2.24) is 4.98 Å². The topological polar surface area (TPSA) is 108 Å². The van der Waals surface area contributed by atoms with Gasteiger partial charge in [-0.25, -0.2) is 4.98 Å². The molecule has 114 valence electrons. The zero-order valence-electron chi connectivity index (χ0n) is 11.9. The molecule has 1 fully saturated rings. The van der Waals surface area contributed by atoms with Crippen LogP contribution >= 0.6 is 0 Å². The Kier molecular flexibility index (Phi) is 5.95. The Hall–Kier alpha value is -2.31. The first kappa shape index (κ1) is 16.7. The first-order chi connectivity index (χ1) is 9.34. The summed E-state index contributed by atoms with van der Waals surface area (Å²) in [6.45, 7) is 3.91. The molecule has 21 heavy (non-hydrogen) atoms. The van der Waals surface area contributed by atoms with Gasteiger partial charge in [-0.3, -0.25) is 0 Å². The Morgan fingerprint density at radius 2 is 1.43 bits per heavy atom. The highest BCUT2D eigenvalue weighted by atomic mass is 16.0. The van der Waals surface area contributed by atoms with Gasteiger partial charge in [-0.2, -0.15) is 0 Å². The summed E-state index contributed by atoms with van der Waals surface area (Å²) in [6, 6.07) is 14.3. The molecule has 1 aromatic carbocycles. The van der Waals surface area contributed by atoms with Crippen LogP contribution in [0.5, 0.6) is 0 Å². The van der Waals surface area contributed by atoms with Gasteiger partial charge in [0, 0.05) is 38.1 Å². The molecule has 2 heterocycles. The van der Waals surface area contributed by atoms with Crippen LogP contribution in [0.4, 0.5) is 17.2 Å². The van der Waals surface area contributed by atoms with E-state index in [-0.39, 0.29) is 11.0 Å². The number of hydrogen-bond acceptors (Lipinski definition) is 4. The molecule has 6 N–H and O–H groups in total. The molecule has 0 radical (unpaired) electrons. The van der Waals surface area contributed by atoms with Crippen molar-refractivity contribution >= 4 is 17.2 Å². The summed E-state index contributed by atoms with van der Waals surface area (Å²) in [7, 11) is 0. The van der Waals surface area contributed by atoms with Gasteiger partial charge < -0.3 is 26.5 Å². The molecule has 0 aliphatic carbocycles. The van der Waals surface area contributed by atoms with E-state index in [4.69, 9.17) is 5.73 Å². The number of nitrogens with zero attached hydrogens (tertiary/aromatic N) is 3. The lowest BCUT2D eigenvalue weighted by Crippen LogP contribution is -2.47. The molecule has 0 saturated carbocycles. The van der Waals surface area contributed by atoms with Crippen molar-refractivity contribution < 1.29 is 11.0 Å². The molecule has 1 aromatic heterocycles. The standard InChI is InChI=1S/C15H18N4.2H2O/c16-14-7-4-8-17-15(14)19-11-9-18(10-12-19)13-5-2-1-3-6-13;;/h1-8H,9-12,16H2;2*1H2. The highest BCUT2D eigenvalue weighted by Crippen LogP contribution is 2.22. The number of nitrogens with two attached hydrogens (primary N) is 1. The van der Waals surface area contributed by atoms with E-state index in [2.05, 4.69) is 39.0 Å². The fourth-order valence-corrected chi connectivity index (χ4v) is 2.49.